The van der Waals surface area contributed by atoms with Crippen molar-refractivity contribution in [2.75, 3.05) is 12.4 Å². The van der Waals surface area contributed by atoms with E-state index in [1.54, 1.807) is 18.9 Å². The van der Waals surface area contributed by atoms with Crippen molar-refractivity contribution in [3.8, 4) is 11.8 Å². The van der Waals surface area contributed by atoms with Gasteiger partial charge in [0.15, 0.2) is 5.17 Å². The Morgan fingerprint density at radius 3 is 2.74 bits per heavy atom. The fraction of sp³-hybridized carbons (Fsp3) is 0.136. The second-order valence-electron chi connectivity index (χ2n) is 6.80. The Bertz CT molecular complexity index is 1200. The number of ether oxygens (including phenoxy) is 1. The molecule has 0 aliphatic carbocycles. The third-order valence-electron chi connectivity index (χ3n) is 4.94. The largest absolute Gasteiger partial charge is 0.496 e. The number of carbonyl (C=O) groups excluding carboxylic acids is 1. The van der Waals surface area contributed by atoms with Gasteiger partial charge < -0.3 is 15.8 Å². The molecular weight excluding hydrogens is 478 g/mol. The smallest absolute Gasteiger partial charge is 0.255 e. The zero-order valence-electron chi connectivity index (χ0n) is 16.7. The summed E-state index contributed by atoms with van der Waals surface area (Å²) in [4.78, 5) is 20.1. The van der Waals surface area contributed by atoms with Gasteiger partial charge in [0.1, 0.15) is 22.5 Å². The lowest BCUT2D eigenvalue weighted by atomic mass is 9.93. The van der Waals surface area contributed by atoms with Crippen LogP contribution in [0.4, 0.5) is 5.69 Å². The van der Waals surface area contributed by atoms with Gasteiger partial charge in [-0.25, -0.2) is 4.99 Å². The molecule has 2 heterocycles. The molecule has 4 rings (SSSR count). The second kappa shape index (κ2) is 8.49. The molecule has 2 aliphatic heterocycles. The lowest BCUT2D eigenvalue weighted by Gasteiger charge is -2.35. The molecule has 0 spiro atoms. The van der Waals surface area contributed by atoms with Gasteiger partial charge in [-0.2, -0.15) is 5.26 Å². The number of fused-ring (bicyclic) bond motifs is 1. The van der Waals surface area contributed by atoms with Crippen molar-refractivity contribution in [2.24, 2.45) is 10.7 Å². The minimum atomic E-state index is -0.623. The highest BCUT2D eigenvalue weighted by Gasteiger charge is 2.43. The zero-order chi connectivity index (χ0) is 22.1. The van der Waals surface area contributed by atoms with Gasteiger partial charge in [0.25, 0.3) is 5.91 Å². The molecule has 0 fully saturated rings. The predicted octanol–water partition coefficient (Wildman–Crippen LogP) is 4.48. The van der Waals surface area contributed by atoms with E-state index < -0.39 is 6.04 Å². The first-order valence-corrected chi connectivity index (χ1v) is 10.9. The number of benzene rings is 2. The number of anilines is 1. The number of allylic oxidation sites excluding steroid dienone is 2. The highest BCUT2D eigenvalue weighted by Crippen LogP contribution is 2.47. The Kier molecular flexibility index (Phi) is 5.76. The van der Waals surface area contributed by atoms with Crippen molar-refractivity contribution in [3.63, 3.8) is 0 Å². The minimum Gasteiger partial charge on any atom is -0.496 e. The highest BCUT2D eigenvalue weighted by molar-refractivity contribution is 9.10. The molecule has 0 bridgehead atoms. The molecule has 31 heavy (non-hydrogen) atoms. The molecule has 9 heteroatoms. The SMILES string of the molecule is COc1ccc(Br)cc1[C@H]1C(C(=O)Nc2ccccc2)=C(C)N=C2SC(C#N)=C(N)N21. The van der Waals surface area contributed by atoms with Crippen molar-refractivity contribution in [1.29, 1.82) is 5.26 Å². The van der Waals surface area contributed by atoms with Crippen molar-refractivity contribution < 1.29 is 9.53 Å². The number of nitriles is 1. The average molecular weight is 496 g/mol. The summed E-state index contributed by atoms with van der Waals surface area (Å²) in [6, 6.07) is 16.3. The van der Waals surface area contributed by atoms with Crippen LogP contribution in [0.5, 0.6) is 5.75 Å². The molecule has 0 aromatic heterocycles. The number of aliphatic imine (C=N–C) groups is 1. The van der Waals surface area contributed by atoms with E-state index in [4.69, 9.17) is 10.5 Å². The second-order valence-corrected chi connectivity index (χ2v) is 8.69. The van der Waals surface area contributed by atoms with Crippen LogP contribution < -0.4 is 15.8 Å². The predicted molar refractivity (Wildman–Crippen MR) is 125 cm³/mol. The summed E-state index contributed by atoms with van der Waals surface area (Å²) in [6.07, 6.45) is 0. The molecule has 0 unspecified atom stereocenters. The van der Waals surface area contributed by atoms with Crippen LogP contribution in [-0.2, 0) is 4.79 Å². The molecule has 1 atom stereocenters. The summed E-state index contributed by atoms with van der Waals surface area (Å²) in [5.74, 6) is 0.549. The number of amidine groups is 1. The highest BCUT2D eigenvalue weighted by atomic mass is 79.9. The number of hydrogen-bond donors (Lipinski definition) is 2. The molecule has 156 valence electrons. The third-order valence-corrected chi connectivity index (χ3v) is 6.41. The number of amides is 1. The molecule has 1 amide bonds. The first-order chi connectivity index (χ1) is 14.9. The summed E-state index contributed by atoms with van der Waals surface area (Å²) in [6.45, 7) is 1.78. The van der Waals surface area contributed by atoms with E-state index in [1.165, 1.54) is 11.8 Å². The number of carbonyl (C=O) groups is 1. The number of halogens is 1. The number of thioether (sulfide) groups is 1. The average Bonchev–Trinajstić information content (AvgIpc) is 3.08. The molecule has 0 saturated heterocycles. The molecule has 2 aromatic carbocycles. The molecule has 2 aromatic rings. The van der Waals surface area contributed by atoms with Crippen LogP contribution in [0.1, 0.15) is 18.5 Å². The van der Waals surface area contributed by atoms with Crippen LogP contribution in [0.2, 0.25) is 0 Å². The number of methoxy groups -OCH3 is 1. The van der Waals surface area contributed by atoms with Crippen molar-refractivity contribution in [2.45, 2.75) is 13.0 Å². The van der Waals surface area contributed by atoms with Crippen LogP contribution in [0, 0.1) is 11.3 Å². The lowest BCUT2D eigenvalue weighted by molar-refractivity contribution is -0.113. The number of rotatable bonds is 4. The molecular formula is C22H18BrN5O2S. The summed E-state index contributed by atoms with van der Waals surface area (Å²) in [5.41, 5.74) is 8.70. The van der Waals surface area contributed by atoms with E-state index in [9.17, 15) is 10.1 Å². The Labute approximate surface area is 192 Å². The van der Waals surface area contributed by atoms with E-state index in [1.807, 2.05) is 48.5 Å². The van der Waals surface area contributed by atoms with E-state index in [2.05, 4.69) is 32.3 Å². The van der Waals surface area contributed by atoms with E-state index in [-0.39, 0.29) is 11.7 Å². The first kappa shape index (κ1) is 21.0. The monoisotopic (exact) mass is 495 g/mol. The van der Waals surface area contributed by atoms with Crippen LogP contribution in [0.3, 0.4) is 0 Å². The van der Waals surface area contributed by atoms with Crippen LogP contribution in [0.25, 0.3) is 0 Å². The summed E-state index contributed by atoms with van der Waals surface area (Å²) in [5, 5.41) is 13.0. The van der Waals surface area contributed by atoms with Gasteiger partial charge in [0, 0.05) is 15.7 Å². The zero-order valence-corrected chi connectivity index (χ0v) is 19.1. The summed E-state index contributed by atoms with van der Waals surface area (Å²) in [7, 11) is 1.57. The topological polar surface area (TPSA) is 104 Å². The Morgan fingerprint density at radius 2 is 2.06 bits per heavy atom. The molecule has 2 aliphatic rings. The lowest BCUT2D eigenvalue weighted by Crippen LogP contribution is -2.39. The number of para-hydroxylation sites is 1. The maximum Gasteiger partial charge on any atom is 0.255 e. The van der Waals surface area contributed by atoms with E-state index in [0.29, 0.717) is 32.8 Å². The van der Waals surface area contributed by atoms with Gasteiger partial charge >= 0.3 is 0 Å². The van der Waals surface area contributed by atoms with Crippen molar-refractivity contribution in [3.05, 3.63) is 80.6 Å². The fourth-order valence-electron chi connectivity index (χ4n) is 3.56. The van der Waals surface area contributed by atoms with Crippen molar-refractivity contribution in [1.82, 2.24) is 4.90 Å². The fourth-order valence-corrected chi connectivity index (χ4v) is 4.86. The Morgan fingerprint density at radius 1 is 1.32 bits per heavy atom. The van der Waals surface area contributed by atoms with E-state index >= 15 is 0 Å². The Hall–Kier alpha value is -3.22. The van der Waals surface area contributed by atoms with Gasteiger partial charge in [-0.3, -0.25) is 9.69 Å². The van der Waals surface area contributed by atoms with Gasteiger partial charge in [-0.05, 0) is 49.0 Å². The molecule has 7 nitrogen and oxygen atoms in total. The Balaban J connectivity index is 1.89. The van der Waals surface area contributed by atoms with Gasteiger partial charge in [-0.1, -0.05) is 34.1 Å². The van der Waals surface area contributed by atoms with Gasteiger partial charge in [0.05, 0.1) is 24.4 Å². The van der Waals surface area contributed by atoms with E-state index in [0.717, 1.165) is 10.0 Å². The third kappa shape index (κ3) is 3.80. The first-order valence-electron chi connectivity index (χ1n) is 9.30. The maximum absolute atomic E-state index is 13.4. The summed E-state index contributed by atoms with van der Waals surface area (Å²) >= 11 is 4.70. The normalized spacial score (nSPS) is 17.8. The van der Waals surface area contributed by atoms with Crippen LogP contribution in [0.15, 0.2) is 80.0 Å². The molecule has 0 radical (unpaired) electrons. The standard InChI is InChI=1S/C22H18BrN5O2S/c1-12-18(21(29)27-14-6-4-3-5-7-14)19(15-10-13(23)8-9-16(15)30-2)28-20(25)17(11-24)31-22(28)26-12/h3-10,19H,25H2,1-2H3,(H,27,29)/t19-/m0/s1. The van der Waals surface area contributed by atoms with Crippen molar-refractivity contribution >= 4 is 44.5 Å². The molecule has 3 N–H and O–H groups in total. The van der Waals surface area contributed by atoms with Gasteiger partial charge in [-0.15, -0.1) is 0 Å². The molecule has 0 saturated carbocycles. The maximum atomic E-state index is 13.4. The van der Waals surface area contributed by atoms with Crippen LogP contribution in [-0.4, -0.2) is 23.1 Å². The van der Waals surface area contributed by atoms with Gasteiger partial charge in [0.2, 0.25) is 0 Å². The quantitative estimate of drug-likeness (QED) is 0.647. The number of nitrogens with two attached hydrogens (primary N) is 1. The summed E-state index contributed by atoms with van der Waals surface area (Å²) < 4.78 is 6.42. The van der Waals surface area contributed by atoms with Crippen LogP contribution >= 0.6 is 27.7 Å². The number of nitrogens with one attached hydrogen (secondary N) is 1. The minimum absolute atomic E-state index is 0.260. The number of hydrogen-bond acceptors (Lipinski definition) is 7. The number of nitrogens with zero attached hydrogens (tertiary/aromatic N) is 3.